The van der Waals surface area contributed by atoms with Gasteiger partial charge in [0.2, 0.25) is 0 Å². The van der Waals surface area contributed by atoms with Crippen molar-refractivity contribution >= 4 is 29.2 Å². The first kappa shape index (κ1) is 19.3. The van der Waals surface area contributed by atoms with Gasteiger partial charge in [-0.25, -0.2) is 9.18 Å². The van der Waals surface area contributed by atoms with E-state index in [4.69, 9.17) is 16.3 Å². The molecule has 0 fully saturated rings. The van der Waals surface area contributed by atoms with Crippen molar-refractivity contribution in [3.05, 3.63) is 74.5 Å². The summed E-state index contributed by atoms with van der Waals surface area (Å²) in [6.45, 7) is -0.393. The van der Waals surface area contributed by atoms with Gasteiger partial charge in [-0.3, -0.25) is 14.9 Å². The molecular weight excluding hydrogens is 367 g/mol. The summed E-state index contributed by atoms with van der Waals surface area (Å²) in [6.07, 6.45) is 0.287. The molecule has 1 amide bonds. The van der Waals surface area contributed by atoms with Gasteiger partial charge in [-0.15, -0.1) is 0 Å². The van der Waals surface area contributed by atoms with E-state index in [9.17, 15) is 24.1 Å². The number of nitrogens with one attached hydrogen (secondary N) is 1. The van der Waals surface area contributed by atoms with Crippen molar-refractivity contribution in [3.8, 4) is 0 Å². The summed E-state index contributed by atoms with van der Waals surface area (Å²) in [5, 5.41) is 13.2. The second-order valence-corrected chi connectivity index (χ2v) is 5.60. The summed E-state index contributed by atoms with van der Waals surface area (Å²) in [4.78, 5) is 33.6. The SMILES string of the molecule is O=C(COC(=O)c1ccc(Cl)c([N+](=O)[O-])c1)NCCc1ccccc1F. The van der Waals surface area contributed by atoms with Crippen LogP contribution in [0.25, 0.3) is 0 Å². The van der Waals surface area contributed by atoms with Crippen LogP contribution in [0.4, 0.5) is 10.1 Å². The predicted molar refractivity (Wildman–Crippen MR) is 91.5 cm³/mol. The molecule has 0 spiro atoms. The van der Waals surface area contributed by atoms with E-state index in [-0.39, 0.29) is 29.4 Å². The number of carbonyl (C=O) groups is 2. The number of ether oxygens (including phenoxy) is 1. The molecule has 0 aliphatic heterocycles. The first-order valence-electron chi connectivity index (χ1n) is 7.49. The zero-order valence-electron chi connectivity index (χ0n) is 13.4. The molecule has 0 atom stereocenters. The summed E-state index contributed by atoms with van der Waals surface area (Å²) in [5.74, 6) is -1.83. The molecule has 0 aromatic heterocycles. The highest BCUT2D eigenvalue weighted by molar-refractivity contribution is 6.32. The molecule has 2 aromatic rings. The van der Waals surface area contributed by atoms with Crippen LogP contribution in [-0.2, 0) is 16.0 Å². The van der Waals surface area contributed by atoms with Crippen LogP contribution in [-0.4, -0.2) is 30.0 Å². The maximum absolute atomic E-state index is 13.4. The van der Waals surface area contributed by atoms with Crippen LogP contribution in [0.15, 0.2) is 42.5 Å². The first-order valence-corrected chi connectivity index (χ1v) is 7.87. The third kappa shape index (κ3) is 5.25. The van der Waals surface area contributed by atoms with Crippen LogP contribution in [0, 0.1) is 15.9 Å². The maximum atomic E-state index is 13.4. The molecule has 0 heterocycles. The third-order valence-corrected chi connectivity index (χ3v) is 3.71. The van der Waals surface area contributed by atoms with E-state index in [1.807, 2.05) is 0 Å². The smallest absolute Gasteiger partial charge is 0.338 e. The van der Waals surface area contributed by atoms with Crippen LogP contribution in [0.5, 0.6) is 0 Å². The Morgan fingerprint density at radius 3 is 2.65 bits per heavy atom. The summed E-state index contributed by atoms with van der Waals surface area (Å²) in [5.41, 5.74) is -0.0750. The van der Waals surface area contributed by atoms with Gasteiger partial charge >= 0.3 is 5.97 Å². The van der Waals surface area contributed by atoms with Gasteiger partial charge < -0.3 is 10.1 Å². The fourth-order valence-corrected chi connectivity index (χ4v) is 2.27. The number of nitro benzene ring substituents is 1. The van der Waals surface area contributed by atoms with E-state index < -0.39 is 29.1 Å². The molecule has 0 aliphatic carbocycles. The normalized spacial score (nSPS) is 10.2. The molecule has 1 N–H and O–H groups in total. The molecule has 2 aromatic carbocycles. The lowest BCUT2D eigenvalue weighted by atomic mass is 10.1. The second kappa shape index (κ2) is 8.91. The Balaban J connectivity index is 1.82. The van der Waals surface area contributed by atoms with E-state index in [0.29, 0.717) is 5.56 Å². The quantitative estimate of drug-likeness (QED) is 0.452. The van der Waals surface area contributed by atoms with E-state index in [1.165, 1.54) is 18.2 Å². The van der Waals surface area contributed by atoms with Crippen molar-refractivity contribution in [2.24, 2.45) is 0 Å². The third-order valence-electron chi connectivity index (χ3n) is 3.39. The van der Waals surface area contributed by atoms with Crippen molar-refractivity contribution in [2.75, 3.05) is 13.2 Å². The number of hydrogen-bond acceptors (Lipinski definition) is 5. The largest absolute Gasteiger partial charge is 0.452 e. The highest BCUT2D eigenvalue weighted by atomic mass is 35.5. The van der Waals surface area contributed by atoms with E-state index in [0.717, 1.165) is 6.07 Å². The van der Waals surface area contributed by atoms with Crippen molar-refractivity contribution in [1.82, 2.24) is 5.32 Å². The molecule has 0 bridgehead atoms. The lowest BCUT2D eigenvalue weighted by Crippen LogP contribution is -2.30. The molecule has 7 nitrogen and oxygen atoms in total. The molecule has 0 saturated heterocycles. The van der Waals surface area contributed by atoms with Gasteiger partial charge in [0.05, 0.1) is 10.5 Å². The van der Waals surface area contributed by atoms with Crippen molar-refractivity contribution in [3.63, 3.8) is 0 Å². The number of rotatable bonds is 7. The molecule has 136 valence electrons. The van der Waals surface area contributed by atoms with Gasteiger partial charge in [-0.2, -0.15) is 0 Å². The summed E-state index contributed by atoms with van der Waals surface area (Å²) in [6, 6.07) is 9.61. The maximum Gasteiger partial charge on any atom is 0.338 e. The van der Waals surface area contributed by atoms with Gasteiger partial charge in [0.25, 0.3) is 11.6 Å². The fourth-order valence-electron chi connectivity index (χ4n) is 2.08. The number of nitro groups is 1. The number of halogens is 2. The Bertz CT molecular complexity index is 844. The Morgan fingerprint density at radius 1 is 1.23 bits per heavy atom. The van der Waals surface area contributed by atoms with Gasteiger partial charge in [-0.1, -0.05) is 29.8 Å². The van der Waals surface area contributed by atoms with E-state index >= 15 is 0 Å². The van der Waals surface area contributed by atoms with Gasteiger partial charge in [0.15, 0.2) is 6.61 Å². The average Bonchev–Trinajstić information content (AvgIpc) is 2.61. The number of carbonyl (C=O) groups excluding carboxylic acids is 2. The Labute approximate surface area is 152 Å². The van der Waals surface area contributed by atoms with Crippen molar-refractivity contribution in [2.45, 2.75) is 6.42 Å². The summed E-state index contributed by atoms with van der Waals surface area (Å²) in [7, 11) is 0. The highest BCUT2D eigenvalue weighted by Gasteiger charge is 2.17. The lowest BCUT2D eigenvalue weighted by molar-refractivity contribution is -0.384. The first-order chi connectivity index (χ1) is 12.4. The number of hydrogen-bond donors (Lipinski definition) is 1. The Morgan fingerprint density at radius 2 is 1.96 bits per heavy atom. The van der Waals surface area contributed by atoms with Gasteiger partial charge in [0.1, 0.15) is 10.8 Å². The van der Waals surface area contributed by atoms with E-state index in [2.05, 4.69) is 5.32 Å². The minimum absolute atomic E-state index is 0.0970. The molecule has 0 radical (unpaired) electrons. The molecule has 9 heteroatoms. The number of amides is 1. The zero-order valence-corrected chi connectivity index (χ0v) is 14.2. The fraction of sp³-hybridized carbons (Fsp3) is 0.176. The molecular formula is C17H14ClFN2O5. The summed E-state index contributed by atoms with van der Waals surface area (Å²) < 4.78 is 18.2. The van der Waals surface area contributed by atoms with Crippen molar-refractivity contribution < 1.29 is 23.6 Å². The van der Waals surface area contributed by atoms with Gasteiger partial charge in [-0.05, 0) is 30.2 Å². The Hall–Kier alpha value is -3.00. The highest BCUT2D eigenvalue weighted by Crippen LogP contribution is 2.25. The summed E-state index contributed by atoms with van der Waals surface area (Å²) >= 11 is 5.66. The average molecular weight is 381 g/mol. The van der Waals surface area contributed by atoms with Crippen LogP contribution in [0.3, 0.4) is 0 Å². The van der Waals surface area contributed by atoms with Crippen LogP contribution in [0.1, 0.15) is 15.9 Å². The molecule has 0 unspecified atom stereocenters. The molecule has 0 saturated carbocycles. The molecule has 26 heavy (non-hydrogen) atoms. The van der Waals surface area contributed by atoms with Crippen molar-refractivity contribution in [1.29, 1.82) is 0 Å². The Kier molecular flexibility index (Phi) is 6.62. The zero-order chi connectivity index (χ0) is 19.1. The number of nitrogens with zero attached hydrogens (tertiary/aromatic N) is 1. The topological polar surface area (TPSA) is 98.5 Å². The monoisotopic (exact) mass is 380 g/mol. The number of benzene rings is 2. The van der Waals surface area contributed by atoms with E-state index in [1.54, 1.807) is 18.2 Å². The minimum Gasteiger partial charge on any atom is -0.452 e. The van der Waals surface area contributed by atoms with Crippen LogP contribution >= 0.6 is 11.6 Å². The van der Waals surface area contributed by atoms with Gasteiger partial charge in [0, 0.05) is 12.6 Å². The van der Waals surface area contributed by atoms with Crippen LogP contribution in [0.2, 0.25) is 5.02 Å². The lowest BCUT2D eigenvalue weighted by Gasteiger charge is -2.07. The second-order valence-electron chi connectivity index (χ2n) is 5.19. The predicted octanol–water partition coefficient (Wildman–Crippen LogP) is 2.90. The number of esters is 1. The molecule has 0 aliphatic rings. The minimum atomic E-state index is -0.894. The molecule has 2 rings (SSSR count). The standard InChI is InChI=1S/C17H14ClFN2O5/c18-13-6-5-12(9-15(13)21(24)25)17(23)26-10-16(22)20-8-7-11-3-1-2-4-14(11)19/h1-6,9H,7-8,10H2,(H,20,22). The van der Waals surface area contributed by atoms with Crippen LogP contribution < -0.4 is 5.32 Å².